The number of phenols is 1. The molecule has 3 amide bonds. The van der Waals surface area contributed by atoms with Crippen molar-refractivity contribution in [1.82, 2.24) is 15.5 Å². The number of hydrogen-bond donors (Lipinski definition) is 4. The fourth-order valence-electron chi connectivity index (χ4n) is 4.55. The summed E-state index contributed by atoms with van der Waals surface area (Å²) in [4.78, 5) is 40.8. The monoisotopic (exact) mass is 531 g/mol. The molecule has 3 atom stereocenters. The van der Waals surface area contributed by atoms with Gasteiger partial charge in [0.15, 0.2) is 6.10 Å². The first kappa shape index (κ1) is 27.8. The van der Waals surface area contributed by atoms with Gasteiger partial charge < -0.3 is 30.5 Å². The van der Waals surface area contributed by atoms with Crippen molar-refractivity contribution in [3.8, 4) is 5.75 Å². The van der Waals surface area contributed by atoms with Gasteiger partial charge in [-0.1, -0.05) is 60.7 Å². The Morgan fingerprint density at radius 1 is 1.00 bits per heavy atom. The molecule has 0 aromatic heterocycles. The van der Waals surface area contributed by atoms with Crippen molar-refractivity contribution in [3.63, 3.8) is 0 Å². The van der Waals surface area contributed by atoms with Gasteiger partial charge in [0.25, 0.3) is 11.8 Å². The lowest BCUT2D eigenvalue weighted by Crippen LogP contribution is -2.56. The van der Waals surface area contributed by atoms with E-state index in [1.54, 1.807) is 19.1 Å². The van der Waals surface area contributed by atoms with Crippen LogP contribution in [-0.4, -0.2) is 64.4 Å². The molecule has 3 aromatic carbocycles. The van der Waals surface area contributed by atoms with Crippen molar-refractivity contribution < 1.29 is 29.3 Å². The highest BCUT2D eigenvalue weighted by molar-refractivity contribution is 5.97. The van der Waals surface area contributed by atoms with E-state index < -0.39 is 35.9 Å². The molecule has 4 rings (SSSR count). The smallest absolute Gasteiger partial charge is 0.256 e. The van der Waals surface area contributed by atoms with Gasteiger partial charge >= 0.3 is 0 Å². The lowest BCUT2D eigenvalue weighted by atomic mass is 9.98. The standard InChI is InChI=1S/C30H33N3O6/c1-19-9-6-7-12-22(19)16-31-29(37)25-17-39-18-33(25)30(38)27(35)24(15-21-10-4-3-5-11-21)32-28(36)23-13-8-14-26(34)20(23)2/h3-14,24-25,27,34-35H,15-18H2,1-2H3,(H,31,37)(H,32,36)/t24-,25-,27-/m0/s1. The number of aliphatic hydroxyl groups excluding tert-OH is 1. The van der Waals surface area contributed by atoms with Crippen molar-refractivity contribution in [2.45, 2.75) is 45.0 Å². The number of aromatic hydroxyl groups is 1. The molecule has 4 N–H and O–H groups in total. The van der Waals surface area contributed by atoms with Gasteiger partial charge in [-0.2, -0.15) is 0 Å². The highest BCUT2D eigenvalue weighted by Gasteiger charge is 2.40. The van der Waals surface area contributed by atoms with E-state index in [0.29, 0.717) is 12.1 Å². The molecule has 3 aromatic rings. The molecule has 0 aliphatic carbocycles. The van der Waals surface area contributed by atoms with Crippen molar-refractivity contribution in [2.24, 2.45) is 0 Å². The molecule has 9 heteroatoms. The fourth-order valence-corrected chi connectivity index (χ4v) is 4.55. The molecule has 1 heterocycles. The second-order valence-electron chi connectivity index (χ2n) is 9.63. The summed E-state index contributed by atoms with van der Waals surface area (Å²) in [6.07, 6.45) is -1.49. The van der Waals surface area contributed by atoms with Crippen LogP contribution in [-0.2, 0) is 27.3 Å². The summed E-state index contributed by atoms with van der Waals surface area (Å²) < 4.78 is 5.43. The fraction of sp³-hybridized carbons (Fsp3) is 0.300. The van der Waals surface area contributed by atoms with Gasteiger partial charge in [0.1, 0.15) is 18.5 Å². The number of aliphatic hydroxyl groups is 1. The number of hydrogen-bond acceptors (Lipinski definition) is 6. The third kappa shape index (κ3) is 6.63. The van der Waals surface area contributed by atoms with Crippen molar-refractivity contribution >= 4 is 17.7 Å². The van der Waals surface area contributed by atoms with E-state index in [-0.39, 0.29) is 31.1 Å². The number of nitrogens with one attached hydrogen (secondary N) is 2. The predicted octanol–water partition coefficient (Wildman–Crippen LogP) is 2.21. The van der Waals surface area contributed by atoms with Crippen LogP contribution < -0.4 is 10.6 Å². The molecule has 0 bridgehead atoms. The Balaban J connectivity index is 1.50. The molecule has 1 saturated heterocycles. The van der Waals surface area contributed by atoms with E-state index in [1.807, 2.05) is 61.5 Å². The molecule has 204 valence electrons. The zero-order valence-electron chi connectivity index (χ0n) is 22.0. The Labute approximate surface area is 227 Å². The summed E-state index contributed by atoms with van der Waals surface area (Å²) in [6.45, 7) is 3.69. The third-order valence-electron chi connectivity index (χ3n) is 6.98. The van der Waals surface area contributed by atoms with E-state index in [0.717, 1.165) is 16.7 Å². The molecular weight excluding hydrogens is 498 g/mol. The first-order chi connectivity index (χ1) is 18.8. The molecule has 0 saturated carbocycles. The molecule has 0 spiro atoms. The minimum atomic E-state index is -1.65. The molecule has 1 fully saturated rings. The molecule has 0 unspecified atom stereocenters. The number of amides is 3. The largest absolute Gasteiger partial charge is 0.508 e. The zero-order valence-corrected chi connectivity index (χ0v) is 22.0. The number of phenolic OH excluding ortho intramolecular Hbond substituents is 1. The van der Waals surface area contributed by atoms with E-state index in [2.05, 4.69) is 10.6 Å². The van der Waals surface area contributed by atoms with Gasteiger partial charge in [-0.05, 0) is 49.1 Å². The van der Waals surface area contributed by atoms with Crippen LogP contribution >= 0.6 is 0 Å². The van der Waals surface area contributed by atoms with Crippen LogP contribution in [0.15, 0.2) is 72.8 Å². The maximum atomic E-state index is 13.5. The van der Waals surface area contributed by atoms with E-state index >= 15 is 0 Å². The van der Waals surface area contributed by atoms with Crippen LogP contribution in [0.3, 0.4) is 0 Å². The van der Waals surface area contributed by atoms with Gasteiger partial charge in [0, 0.05) is 17.7 Å². The maximum absolute atomic E-state index is 13.5. The molecule has 1 aliphatic rings. The van der Waals surface area contributed by atoms with Gasteiger partial charge in [-0.15, -0.1) is 0 Å². The van der Waals surface area contributed by atoms with Crippen LogP contribution in [0.4, 0.5) is 0 Å². The normalized spacial score (nSPS) is 16.4. The Morgan fingerprint density at radius 3 is 2.46 bits per heavy atom. The lowest BCUT2D eigenvalue weighted by molar-refractivity contribution is -0.147. The SMILES string of the molecule is Cc1ccccc1CNC(=O)[C@@H]1COCN1C(=O)[C@@H](O)[C@H](Cc1ccccc1)NC(=O)c1cccc(O)c1C. The molecular formula is C30H33N3O6. The van der Waals surface area contributed by atoms with Crippen molar-refractivity contribution in [1.29, 1.82) is 0 Å². The molecule has 1 aliphatic heterocycles. The number of rotatable bonds is 9. The molecule has 39 heavy (non-hydrogen) atoms. The summed E-state index contributed by atoms with van der Waals surface area (Å²) in [5, 5.41) is 26.9. The Hall–Kier alpha value is -4.21. The van der Waals surface area contributed by atoms with Crippen molar-refractivity contribution in [3.05, 3.63) is 101 Å². The Kier molecular flexibility index (Phi) is 8.96. The summed E-state index contributed by atoms with van der Waals surface area (Å²) in [6, 6.07) is 19.5. The lowest BCUT2D eigenvalue weighted by Gasteiger charge is -2.29. The predicted molar refractivity (Wildman–Crippen MR) is 145 cm³/mol. The average molecular weight is 532 g/mol. The zero-order chi connectivity index (χ0) is 27.9. The van der Waals surface area contributed by atoms with Gasteiger partial charge in [0.2, 0.25) is 5.91 Å². The summed E-state index contributed by atoms with van der Waals surface area (Å²) in [7, 11) is 0. The highest BCUT2D eigenvalue weighted by atomic mass is 16.5. The van der Waals surface area contributed by atoms with E-state index in [9.17, 15) is 24.6 Å². The number of carbonyl (C=O) groups is 3. The van der Waals surface area contributed by atoms with E-state index in [4.69, 9.17) is 4.74 Å². The van der Waals surface area contributed by atoms with Crippen molar-refractivity contribution in [2.75, 3.05) is 13.3 Å². The number of ether oxygens (including phenoxy) is 1. The van der Waals surface area contributed by atoms with Crippen LogP contribution in [0.2, 0.25) is 0 Å². The average Bonchev–Trinajstić information content (AvgIpc) is 3.43. The van der Waals surface area contributed by atoms with Crippen LogP contribution in [0, 0.1) is 13.8 Å². The van der Waals surface area contributed by atoms with Gasteiger partial charge in [0.05, 0.1) is 12.6 Å². The first-order valence-electron chi connectivity index (χ1n) is 12.8. The number of benzene rings is 3. The number of aryl methyl sites for hydroxylation is 1. The van der Waals surface area contributed by atoms with Gasteiger partial charge in [-0.3, -0.25) is 14.4 Å². The topological polar surface area (TPSA) is 128 Å². The Morgan fingerprint density at radius 2 is 1.72 bits per heavy atom. The number of carbonyl (C=O) groups excluding carboxylic acids is 3. The summed E-state index contributed by atoms with van der Waals surface area (Å²) >= 11 is 0. The molecule has 0 radical (unpaired) electrons. The van der Waals surface area contributed by atoms with Crippen LogP contribution in [0.5, 0.6) is 5.75 Å². The first-order valence-corrected chi connectivity index (χ1v) is 12.8. The third-order valence-corrected chi connectivity index (χ3v) is 6.98. The quantitative estimate of drug-likeness (QED) is 0.335. The highest BCUT2D eigenvalue weighted by Crippen LogP contribution is 2.21. The van der Waals surface area contributed by atoms with Gasteiger partial charge in [-0.25, -0.2) is 0 Å². The maximum Gasteiger partial charge on any atom is 0.256 e. The second-order valence-corrected chi connectivity index (χ2v) is 9.63. The van der Waals surface area contributed by atoms with E-state index in [1.165, 1.54) is 11.0 Å². The second kappa shape index (κ2) is 12.6. The minimum Gasteiger partial charge on any atom is -0.508 e. The molecule has 9 nitrogen and oxygen atoms in total. The summed E-state index contributed by atoms with van der Waals surface area (Å²) in [5.41, 5.74) is 3.40. The van der Waals surface area contributed by atoms with Crippen LogP contribution in [0.25, 0.3) is 0 Å². The van der Waals surface area contributed by atoms with Crippen LogP contribution in [0.1, 0.15) is 32.6 Å². The minimum absolute atomic E-state index is 0.00371. The Bertz CT molecular complexity index is 1330. The number of nitrogens with zero attached hydrogens (tertiary/aromatic N) is 1. The summed E-state index contributed by atoms with van der Waals surface area (Å²) in [5.74, 6) is -1.69.